The number of carbonyl (C=O) groups is 1. The van der Waals surface area contributed by atoms with E-state index in [1.807, 2.05) is 0 Å². The molecule has 0 aromatic heterocycles. The van der Waals surface area contributed by atoms with Crippen molar-refractivity contribution < 1.29 is 13.2 Å². The van der Waals surface area contributed by atoms with E-state index in [9.17, 15) is 13.2 Å². The molecule has 0 spiro atoms. The van der Waals surface area contributed by atoms with Crippen LogP contribution in [0.3, 0.4) is 0 Å². The molecule has 0 aliphatic carbocycles. The molecular formula is C17H18Cl2N2O3S. The molecule has 2 aromatic rings. The van der Waals surface area contributed by atoms with Gasteiger partial charge in [0.25, 0.3) is 0 Å². The third kappa shape index (κ3) is 5.11. The molecule has 0 aliphatic rings. The van der Waals surface area contributed by atoms with Crippen LogP contribution in [0.15, 0.2) is 48.5 Å². The van der Waals surface area contributed by atoms with Gasteiger partial charge in [-0.05, 0) is 48.9 Å². The first-order chi connectivity index (χ1) is 11.7. The normalized spacial score (nSPS) is 12.5. The van der Waals surface area contributed by atoms with Crippen molar-refractivity contribution in [1.82, 2.24) is 0 Å². The van der Waals surface area contributed by atoms with E-state index >= 15 is 0 Å². The van der Waals surface area contributed by atoms with Gasteiger partial charge in [0.15, 0.2) is 0 Å². The lowest BCUT2D eigenvalue weighted by atomic mass is 10.2. The number of rotatable bonds is 6. The molecule has 0 heterocycles. The van der Waals surface area contributed by atoms with Crippen LogP contribution in [-0.4, -0.2) is 26.6 Å². The highest BCUT2D eigenvalue weighted by atomic mass is 35.5. The number of anilines is 2. The third-order valence-electron chi connectivity index (χ3n) is 3.50. The maximum Gasteiger partial charge on any atom is 0.248 e. The first-order valence-corrected chi connectivity index (χ1v) is 10.1. The van der Waals surface area contributed by atoms with Crippen molar-refractivity contribution >= 4 is 50.5 Å². The minimum atomic E-state index is -3.70. The standard InChI is InChI=1S/C17H18Cl2N2O3S/c1-3-16(17(22)20-14-9-7-12(18)8-10-14)21(25(2,23)24)15-6-4-5-13(19)11-15/h4-11,16H,3H2,1-2H3,(H,20,22)/t16-/m0/s1. The van der Waals surface area contributed by atoms with E-state index in [4.69, 9.17) is 23.2 Å². The lowest BCUT2D eigenvalue weighted by Gasteiger charge is -2.30. The highest BCUT2D eigenvalue weighted by Gasteiger charge is 2.31. The van der Waals surface area contributed by atoms with Crippen molar-refractivity contribution in [2.45, 2.75) is 19.4 Å². The van der Waals surface area contributed by atoms with Crippen LogP contribution in [-0.2, 0) is 14.8 Å². The van der Waals surface area contributed by atoms with Gasteiger partial charge in [0, 0.05) is 15.7 Å². The number of benzene rings is 2. The van der Waals surface area contributed by atoms with Gasteiger partial charge in [-0.3, -0.25) is 9.10 Å². The van der Waals surface area contributed by atoms with E-state index in [0.29, 0.717) is 27.8 Å². The molecule has 1 atom stereocenters. The zero-order valence-electron chi connectivity index (χ0n) is 13.7. The van der Waals surface area contributed by atoms with Crippen LogP contribution < -0.4 is 9.62 Å². The van der Waals surface area contributed by atoms with Crippen molar-refractivity contribution in [2.75, 3.05) is 15.9 Å². The lowest BCUT2D eigenvalue weighted by molar-refractivity contribution is -0.117. The molecule has 8 heteroatoms. The topological polar surface area (TPSA) is 66.5 Å². The van der Waals surface area contributed by atoms with Crippen LogP contribution in [0, 0.1) is 0 Å². The molecule has 0 aliphatic heterocycles. The fourth-order valence-electron chi connectivity index (χ4n) is 2.43. The Kier molecular flexibility index (Phi) is 6.32. The molecular weight excluding hydrogens is 383 g/mol. The fourth-order valence-corrected chi connectivity index (χ4v) is 3.95. The third-order valence-corrected chi connectivity index (χ3v) is 5.17. The summed E-state index contributed by atoms with van der Waals surface area (Å²) in [6.45, 7) is 1.74. The molecule has 2 rings (SSSR count). The van der Waals surface area contributed by atoms with Gasteiger partial charge >= 0.3 is 0 Å². The fraction of sp³-hybridized carbons (Fsp3) is 0.235. The van der Waals surface area contributed by atoms with Gasteiger partial charge in [-0.25, -0.2) is 8.42 Å². The van der Waals surface area contributed by atoms with Crippen LogP contribution >= 0.6 is 23.2 Å². The molecule has 1 N–H and O–H groups in total. The number of sulfonamides is 1. The van der Waals surface area contributed by atoms with Crippen molar-refractivity contribution in [2.24, 2.45) is 0 Å². The van der Waals surface area contributed by atoms with E-state index in [0.717, 1.165) is 10.6 Å². The van der Waals surface area contributed by atoms with E-state index in [2.05, 4.69) is 5.32 Å². The predicted octanol–water partition coefficient (Wildman–Crippen LogP) is 4.18. The summed E-state index contributed by atoms with van der Waals surface area (Å²) >= 11 is 11.8. The Morgan fingerprint density at radius 1 is 1.12 bits per heavy atom. The maximum atomic E-state index is 12.7. The Balaban J connectivity index is 2.36. The lowest BCUT2D eigenvalue weighted by Crippen LogP contribution is -2.47. The van der Waals surface area contributed by atoms with Crippen molar-refractivity contribution in [3.63, 3.8) is 0 Å². The predicted molar refractivity (Wildman–Crippen MR) is 103 cm³/mol. The Morgan fingerprint density at radius 2 is 1.76 bits per heavy atom. The highest BCUT2D eigenvalue weighted by Crippen LogP contribution is 2.26. The molecule has 25 heavy (non-hydrogen) atoms. The van der Waals surface area contributed by atoms with Gasteiger partial charge in [0.05, 0.1) is 11.9 Å². The zero-order valence-corrected chi connectivity index (χ0v) is 16.1. The van der Waals surface area contributed by atoms with Gasteiger partial charge in [0.2, 0.25) is 15.9 Å². The second-order valence-corrected chi connectivity index (χ2v) is 8.19. The monoisotopic (exact) mass is 400 g/mol. The van der Waals surface area contributed by atoms with Gasteiger partial charge in [-0.2, -0.15) is 0 Å². The number of amides is 1. The first-order valence-electron chi connectivity index (χ1n) is 7.53. The summed E-state index contributed by atoms with van der Waals surface area (Å²) in [4.78, 5) is 12.7. The summed E-state index contributed by atoms with van der Waals surface area (Å²) in [5.41, 5.74) is 0.875. The number of nitrogens with zero attached hydrogens (tertiary/aromatic N) is 1. The molecule has 0 saturated carbocycles. The molecule has 0 saturated heterocycles. The smallest absolute Gasteiger partial charge is 0.248 e. The van der Waals surface area contributed by atoms with E-state index < -0.39 is 22.0 Å². The van der Waals surface area contributed by atoms with E-state index in [1.54, 1.807) is 49.4 Å². The molecule has 2 aromatic carbocycles. The number of hydrogen-bond acceptors (Lipinski definition) is 3. The summed E-state index contributed by atoms with van der Waals surface area (Å²) in [6, 6.07) is 12.1. The zero-order chi connectivity index (χ0) is 18.6. The second-order valence-electron chi connectivity index (χ2n) is 5.46. The minimum absolute atomic E-state index is 0.291. The quantitative estimate of drug-likeness (QED) is 0.790. The summed E-state index contributed by atoms with van der Waals surface area (Å²) in [7, 11) is -3.70. The summed E-state index contributed by atoms with van der Waals surface area (Å²) in [5, 5.41) is 3.65. The molecule has 134 valence electrons. The van der Waals surface area contributed by atoms with Gasteiger partial charge in [-0.15, -0.1) is 0 Å². The largest absolute Gasteiger partial charge is 0.324 e. The molecule has 0 fully saturated rings. The molecule has 5 nitrogen and oxygen atoms in total. The van der Waals surface area contributed by atoms with Crippen molar-refractivity contribution in [3.05, 3.63) is 58.6 Å². The van der Waals surface area contributed by atoms with Crippen LogP contribution in [0.25, 0.3) is 0 Å². The number of halogens is 2. The number of hydrogen-bond donors (Lipinski definition) is 1. The average molecular weight is 401 g/mol. The maximum absolute atomic E-state index is 12.7. The van der Waals surface area contributed by atoms with Gasteiger partial charge in [0.1, 0.15) is 6.04 Å². The first kappa shape index (κ1) is 19.6. The SMILES string of the molecule is CC[C@@H](C(=O)Nc1ccc(Cl)cc1)N(c1cccc(Cl)c1)S(C)(=O)=O. The van der Waals surface area contributed by atoms with Crippen LogP contribution in [0.5, 0.6) is 0 Å². The molecule has 1 amide bonds. The Bertz CT molecular complexity index is 854. The average Bonchev–Trinajstić information content (AvgIpc) is 2.53. The van der Waals surface area contributed by atoms with E-state index in [-0.39, 0.29) is 0 Å². The summed E-state index contributed by atoms with van der Waals surface area (Å²) in [5.74, 6) is -0.435. The van der Waals surface area contributed by atoms with Crippen molar-refractivity contribution in [1.29, 1.82) is 0 Å². The summed E-state index contributed by atoms with van der Waals surface area (Å²) in [6.07, 6.45) is 1.35. The second kappa shape index (κ2) is 8.08. The van der Waals surface area contributed by atoms with Crippen molar-refractivity contribution in [3.8, 4) is 0 Å². The highest BCUT2D eigenvalue weighted by molar-refractivity contribution is 7.92. The molecule has 0 bridgehead atoms. The molecule has 0 radical (unpaired) electrons. The van der Waals surface area contributed by atoms with Crippen LogP contribution in [0.2, 0.25) is 10.0 Å². The summed E-state index contributed by atoms with van der Waals surface area (Å²) < 4.78 is 25.7. The number of carbonyl (C=O) groups excluding carboxylic acids is 1. The Labute approximate surface area is 157 Å². The Morgan fingerprint density at radius 3 is 2.28 bits per heavy atom. The van der Waals surface area contributed by atoms with Crippen LogP contribution in [0.4, 0.5) is 11.4 Å². The number of nitrogens with one attached hydrogen (secondary N) is 1. The van der Waals surface area contributed by atoms with Crippen LogP contribution in [0.1, 0.15) is 13.3 Å². The minimum Gasteiger partial charge on any atom is -0.324 e. The Hall–Kier alpha value is -1.76. The van der Waals surface area contributed by atoms with Gasteiger partial charge < -0.3 is 5.32 Å². The van der Waals surface area contributed by atoms with E-state index in [1.165, 1.54) is 6.07 Å². The molecule has 0 unspecified atom stereocenters. The van der Waals surface area contributed by atoms with Gasteiger partial charge in [-0.1, -0.05) is 36.2 Å².